The maximum Gasteiger partial charge on any atom is 0.305 e. The van der Waals surface area contributed by atoms with Crippen molar-refractivity contribution in [3.05, 3.63) is 24.3 Å². The summed E-state index contributed by atoms with van der Waals surface area (Å²) in [5, 5.41) is 23.1. The van der Waals surface area contributed by atoms with Crippen LogP contribution >= 0.6 is 0 Å². The molecule has 336 valence electrons. The molecular formula is C51H97NO5. The largest absolute Gasteiger partial charge is 0.466 e. The Morgan fingerprint density at radius 3 is 1.30 bits per heavy atom. The van der Waals surface area contributed by atoms with Crippen molar-refractivity contribution < 1.29 is 24.5 Å². The number of hydrogen-bond donors (Lipinski definition) is 3. The molecule has 0 saturated heterocycles. The van der Waals surface area contributed by atoms with Gasteiger partial charge in [-0.1, -0.05) is 205 Å². The number of ether oxygens (including phenoxy) is 1. The van der Waals surface area contributed by atoms with Gasteiger partial charge in [0.2, 0.25) is 5.91 Å². The first-order chi connectivity index (χ1) is 28.0. The zero-order chi connectivity index (χ0) is 41.5. The van der Waals surface area contributed by atoms with Gasteiger partial charge in [-0.25, -0.2) is 0 Å². The molecule has 0 aliphatic heterocycles. The summed E-state index contributed by atoms with van der Waals surface area (Å²) in [5.41, 5.74) is 0. The first kappa shape index (κ1) is 55.3. The predicted octanol–water partition coefficient (Wildman–Crippen LogP) is 14.7. The van der Waals surface area contributed by atoms with Crippen LogP contribution in [0.2, 0.25) is 0 Å². The van der Waals surface area contributed by atoms with Crippen molar-refractivity contribution in [1.29, 1.82) is 0 Å². The summed E-state index contributed by atoms with van der Waals surface area (Å²) < 4.78 is 5.43. The van der Waals surface area contributed by atoms with Gasteiger partial charge in [0, 0.05) is 12.8 Å². The third-order valence-electron chi connectivity index (χ3n) is 11.5. The lowest BCUT2D eigenvalue weighted by Gasteiger charge is -2.22. The summed E-state index contributed by atoms with van der Waals surface area (Å²) in [5.74, 6) is -0.0617. The summed E-state index contributed by atoms with van der Waals surface area (Å²) in [6.07, 6.45) is 54.3. The highest BCUT2D eigenvalue weighted by Gasteiger charge is 2.20. The molecule has 6 nitrogen and oxygen atoms in total. The fourth-order valence-corrected chi connectivity index (χ4v) is 7.55. The van der Waals surface area contributed by atoms with Crippen LogP contribution in [-0.4, -0.2) is 47.4 Å². The molecule has 0 spiro atoms. The van der Waals surface area contributed by atoms with Gasteiger partial charge in [0.25, 0.3) is 0 Å². The van der Waals surface area contributed by atoms with Gasteiger partial charge in [-0.3, -0.25) is 9.59 Å². The number of carbonyl (C=O) groups excluding carboxylic acids is 2. The Morgan fingerprint density at radius 2 is 0.842 bits per heavy atom. The van der Waals surface area contributed by atoms with Crippen molar-refractivity contribution in [3.8, 4) is 0 Å². The van der Waals surface area contributed by atoms with Gasteiger partial charge in [-0.05, 0) is 70.6 Å². The molecule has 0 rings (SSSR count). The minimum atomic E-state index is -0.670. The van der Waals surface area contributed by atoms with Crippen LogP contribution in [0.5, 0.6) is 0 Å². The molecule has 0 aromatic carbocycles. The van der Waals surface area contributed by atoms with Crippen LogP contribution < -0.4 is 5.32 Å². The number of esters is 1. The van der Waals surface area contributed by atoms with E-state index in [-0.39, 0.29) is 18.5 Å². The van der Waals surface area contributed by atoms with E-state index in [1.54, 1.807) is 0 Å². The van der Waals surface area contributed by atoms with E-state index < -0.39 is 12.1 Å². The average Bonchev–Trinajstić information content (AvgIpc) is 3.21. The van der Waals surface area contributed by atoms with Crippen molar-refractivity contribution >= 4 is 11.9 Å². The topological polar surface area (TPSA) is 95.9 Å². The molecule has 0 aromatic heterocycles. The summed E-state index contributed by atoms with van der Waals surface area (Å²) in [6.45, 7) is 4.88. The van der Waals surface area contributed by atoms with E-state index in [1.165, 1.54) is 173 Å². The maximum absolute atomic E-state index is 12.4. The molecule has 3 N–H and O–H groups in total. The van der Waals surface area contributed by atoms with Crippen LogP contribution in [0.25, 0.3) is 0 Å². The molecule has 0 aromatic rings. The lowest BCUT2D eigenvalue weighted by atomic mass is 10.0. The van der Waals surface area contributed by atoms with Crippen LogP contribution in [0.1, 0.15) is 264 Å². The number of carbonyl (C=O) groups is 2. The minimum absolute atomic E-state index is 0.0134. The van der Waals surface area contributed by atoms with Gasteiger partial charge in [-0.15, -0.1) is 0 Å². The third-order valence-corrected chi connectivity index (χ3v) is 11.5. The number of rotatable bonds is 46. The maximum atomic E-state index is 12.4. The Bertz CT molecular complexity index is 889. The van der Waals surface area contributed by atoms with E-state index in [2.05, 4.69) is 43.5 Å². The fourth-order valence-electron chi connectivity index (χ4n) is 7.55. The van der Waals surface area contributed by atoms with Gasteiger partial charge in [-0.2, -0.15) is 0 Å². The van der Waals surface area contributed by atoms with Gasteiger partial charge >= 0.3 is 5.97 Å². The van der Waals surface area contributed by atoms with Crippen molar-refractivity contribution in [2.45, 2.75) is 276 Å². The molecule has 0 aliphatic carbocycles. The highest BCUT2D eigenvalue weighted by Crippen LogP contribution is 2.16. The van der Waals surface area contributed by atoms with E-state index in [4.69, 9.17) is 4.74 Å². The molecule has 2 unspecified atom stereocenters. The lowest BCUT2D eigenvalue weighted by molar-refractivity contribution is -0.143. The number of aliphatic hydroxyl groups excluding tert-OH is 2. The highest BCUT2D eigenvalue weighted by molar-refractivity contribution is 5.76. The SMILES string of the molecule is CCCC/C=C\CCCCCCCC(=O)OCCCCCCCC/C=C\CCCCCCCCCC(=O)NC(CO)C(O)CCCCCCCCCCCCCC. The second-order valence-electron chi connectivity index (χ2n) is 17.1. The third kappa shape index (κ3) is 43.7. The van der Waals surface area contributed by atoms with E-state index in [0.29, 0.717) is 25.9 Å². The highest BCUT2D eigenvalue weighted by atomic mass is 16.5. The smallest absolute Gasteiger partial charge is 0.305 e. The second-order valence-corrected chi connectivity index (χ2v) is 17.1. The molecule has 0 aliphatic rings. The Labute approximate surface area is 354 Å². The Morgan fingerprint density at radius 1 is 0.474 bits per heavy atom. The first-order valence-corrected chi connectivity index (χ1v) is 25.1. The standard InChI is InChI=1S/C51H97NO5/c1-3-5-7-9-11-13-15-24-27-31-35-39-43-49(54)48(47-53)52-50(55)44-40-36-32-28-25-21-19-17-16-18-20-22-26-30-34-38-42-46-57-51(56)45-41-37-33-29-23-14-12-10-8-6-4-2/h10,12,16,18,48-49,53-54H,3-9,11,13-15,17,19-47H2,1-2H3,(H,52,55)/b12-10-,18-16-. The van der Waals surface area contributed by atoms with E-state index in [0.717, 1.165) is 57.8 Å². The molecule has 0 radical (unpaired) electrons. The summed E-state index contributed by atoms with van der Waals surface area (Å²) >= 11 is 0. The Kier molecular flexibility index (Phi) is 45.7. The molecular weight excluding hydrogens is 707 g/mol. The number of nitrogens with one attached hydrogen (secondary N) is 1. The van der Waals surface area contributed by atoms with Gasteiger partial charge < -0.3 is 20.3 Å². The van der Waals surface area contributed by atoms with Crippen LogP contribution in [-0.2, 0) is 14.3 Å². The van der Waals surface area contributed by atoms with E-state index >= 15 is 0 Å². The van der Waals surface area contributed by atoms with Crippen LogP contribution in [0.3, 0.4) is 0 Å². The van der Waals surface area contributed by atoms with Crippen LogP contribution in [0, 0.1) is 0 Å². The number of unbranched alkanes of at least 4 members (excludes halogenated alkanes) is 31. The fraction of sp³-hybridized carbons (Fsp3) is 0.882. The quantitative estimate of drug-likeness (QED) is 0.0324. The van der Waals surface area contributed by atoms with Gasteiger partial charge in [0.15, 0.2) is 0 Å². The van der Waals surface area contributed by atoms with E-state index in [9.17, 15) is 19.8 Å². The average molecular weight is 804 g/mol. The molecule has 6 heteroatoms. The Balaban J connectivity index is 3.47. The number of amides is 1. The number of allylic oxidation sites excluding steroid dienone is 4. The Hall–Kier alpha value is -1.66. The second kappa shape index (κ2) is 47.0. The molecule has 0 saturated carbocycles. The molecule has 0 bridgehead atoms. The van der Waals surface area contributed by atoms with Crippen molar-refractivity contribution in [1.82, 2.24) is 5.32 Å². The first-order valence-electron chi connectivity index (χ1n) is 25.1. The molecule has 1 amide bonds. The molecule has 0 fully saturated rings. The molecule has 0 heterocycles. The molecule has 57 heavy (non-hydrogen) atoms. The molecule has 2 atom stereocenters. The van der Waals surface area contributed by atoms with Crippen molar-refractivity contribution in [2.75, 3.05) is 13.2 Å². The number of aliphatic hydroxyl groups is 2. The van der Waals surface area contributed by atoms with Crippen LogP contribution in [0.4, 0.5) is 0 Å². The van der Waals surface area contributed by atoms with Crippen molar-refractivity contribution in [2.24, 2.45) is 0 Å². The van der Waals surface area contributed by atoms with Gasteiger partial charge in [0.1, 0.15) is 0 Å². The minimum Gasteiger partial charge on any atom is -0.466 e. The predicted molar refractivity (Wildman–Crippen MR) is 246 cm³/mol. The van der Waals surface area contributed by atoms with E-state index in [1.807, 2.05) is 0 Å². The monoisotopic (exact) mass is 804 g/mol. The zero-order valence-electron chi connectivity index (χ0n) is 38.1. The zero-order valence-corrected chi connectivity index (χ0v) is 38.1. The summed E-state index contributed by atoms with van der Waals surface area (Å²) in [6, 6.07) is -0.549. The normalized spacial score (nSPS) is 12.8. The van der Waals surface area contributed by atoms with Crippen LogP contribution in [0.15, 0.2) is 24.3 Å². The van der Waals surface area contributed by atoms with Gasteiger partial charge in [0.05, 0.1) is 25.4 Å². The van der Waals surface area contributed by atoms with Crippen molar-refractivity contribution in [3.63, 3.8) is 0 Å². The lowest BCUT2D eigenvalue weighted by Crippen LogP contribution is -2.45. The number of hydrogen-bond acceptors (Lipinski definition) is 5. The summed E-state index contributed by atoms with van der Waals surface area (Å²) in [4.78, 5) is 24.4. The summed E-state index contributed by atoms with van der Waals surface area (Å²) in [7, 11) is 0.